The van der Waals surface area contributed by atoms with Crippen molar-refractivity contribution in [1.29, 1.82) is 0 Å². The first-order chi connectivity index (χ1) is 12.2. The van der Waals surface area contributed by atoms with Crippen LogP contribution in [0.25, 0.3) is 11.1 Å². The van der Waals surface area contributed by atoms with Gasteiger partial charge in [-0.1, -0.05) is 55.8 Å². The Hall–Kier alpha value is -2.51. The van der Waals surface area contributed by atoms with Crippen LogP contribution in [0.3, 0.4) is 0 Å². The molecule has 7 heteroatoms. The molecule has 0 saturated carbocycles. The van der Waals surface area contributed by atoms with Crippen LogP contribution < -0.4 is 4.90 Å². The number of carbonyl (C=O) groups excluding carboxylic acids is 2. The van der Waals surface area contributed by atoms with Gasteiger partial charge in [0.05, 0.1) is 5.69 Å². The van der Waals surface area contributed by atoms with E-state index in [1.165, 1.54) is 12.1 Å². The van der Waals surface area contributed by atoms with Crippen molar-refractivity contribution in [3.05, 3.63) is 48.0 Å². The zero-order valence-corrected chi connectivity index (χ0v) is 15.7. The first-order valence-corrected chi connectivity index (χ1v) is 9.68. The summed E-state index contributed by atoms with van der Waals surface area (Å²) in [6, 6.07) is 11.5. The first kappa shape index (κ1) is 19.8. The highest BCUT2D eigenvalue weighted by atomic mass is 32.2. The van der Waals surface area contributed by atoms with Gasteiger partial charge in [0.15, 0.2) is 0 Å². The molecule has 0 aliphatic heterocycles. The molecule has 2 rings (SSSR count). The maximum Gasteiger partial charge on any atom is 0.296 e. The van der Waals surface area contributed by atoms with Crippen LogP contribution in [0.5, 0.6) is 0 Å². The van der Waals surface area contributed by atoms with Gasteiger partial charge in [-0.2, -0.15) is 8.42 Å². The third-order valence-corrected chi connectivity index (χ3v) is 4.82. The van der Waals surface area contributed by atoms with E-state index in [0.29, 0.717) is 11.1 Å². The molecule has 0 aliphatic rings. The Morgan fingerprint density at radius 2 is 1.58 bits per heavy atom. The minimum absolute atomic E-state index is 0.0127. The van der Waals surface area contributed by atoms with Crippen molar-refractivity contribution in [2.24, 2.45) is 0 Å². The number of imide groups is 1. The lowest BCUT2D eigenvalue weighted by molar-refractivity contribution is -0.126. The molecule has 0 atom stereocenters. The highest BCUT2D eigenvalue weighted by molar-refractivity contribution is 7.86. The number of benzene rings is 2. The largest absolute Gasteiger partial charge is 0.296 e. The average molecular weight is 375 g/mol. The van der Waals surface area contributed by atoms with E-state index in [-0.39, 0.29) is 18.5 Å². The minimum atomic E-state index is -4.65. The molecule has 1 N–H and O–H groups in total. The van der Waals surface area contributed by atoms with E-state index >= 15 is 0 Å². The minimum Gasteiger partial charge on any atom is -0.282 e. The maximum atomic E-state index is 12.5. The van der Waals surface area contributed by atoms with E-state index < -0.39 is 26.8 Å². The Kier molecular flexibility index (Phi) is 5.94. The molecule has 0 spiro atoms. The van der Waals surface area contributed by atoms with Crippen LogP contribution in [0.1, 0.15) is 32.3 Å². The molecule has 2 amide bonds. The summed E-state index contributed by atoms with van der Waals surface area (Å²) in [5.74, 6) is -1.08. The summed E-state index contributed by atoms with van der Waals surface area (Å²) in [6.45, 7) is 5.04. The van der Waals surface area contributed by atoms with Crippen molar-refractivity contribution in [3.8, 4) is 11.1 Å². The third kappa shape index (κ3) is 4.00. The fraction of sp³-hybridized carbons (Fsp3) is 0.263. The average Bonchev–Trinajstić information content (AvgIpc) is 2.60. The van der Waals surface area contributed by atoms with Gasteiger partial charge in [0.25, 0.3) is 10.1 Å². The Labute approximate surface area is 153 Å². The van der Waals surface area contributed by atoms with E-state index in [4.69, 9.17) is 0 Å². The molecule has 0 radical (unpaired) electrons. The molecule has 0 unspecified atom stereocenters. The Morgan fingerprint density at radius 1 is 1.00 bits per heavy atom. The lowest BCUT2D eigenvalue weighted by Crippen LogP contribution is -2.37. The molecule has 0 heterocycles. The molecule has 0 aromatic heterocycles. The fourth-order valence-corrected chi connectivity index (χ4v) is 3.41. The monoisotopic (exact) mass is 375 g/mol. The van der Waals surface area contributed by atoms with Crippen molar-refractivity contribution in [1.82, 2.24) is 0 Å². The number of hydrogen-bond donors (Lipinski definition) is 1. The molecule has 26 heavy (non-hydrogen) atoms. The lowest BCUT2D eigenvalue weighted by atomic mass is 10.0. The summed E-state index contributed by atoms with van der Waals surface area (Å²) in [6.07, 6.45) is 0.0254. The molecule has 0 saturated heterocycles. The van der Waals surface area contributed by atoms with Crippen LogP contribution in [0.4, 0.5) is 5.69 Å². The maximum absolute atomic E-state index is 12.5. The number of amides is 2. The summed E-state index contributed by atoms with van der Waals surface area (Å²) >= 11 is 0. The number of anilines is 1. The number of nitrogens with zero attached hydrogens (tertiary/aromatic N) is 1. The standard InChI is InChI=1S/C19H21NO5S/c1-4-17(21)20(18(22)5-2)19-15(14-9-6-8-13(3)12-14)10-7-11-16(19)26(23,24)25/h6-12H,4-5H2,1-3H3,(H,23,24,25). The van der Waals surface area contributed by atoms with E-state index in [2.05, 4.69) is 0 Å². The first-order valence-electron chi connectivity index (χ1n) is 8.24. The van der Waals surface area contributed by atoms with E-state index in [0.717, 1.165) is 10.5 Å². The second-order valence-corrected chi connectivity index (χ2v) is 7.22. The SMILES string of the molecule is CCC(=O)N(C(=O)CC)c1c(-c2cccc(C)c2)cccc1S(=O)(=O)O. The van der Waals surface area contributed by atoms with Crippen LogP contribution >= 0.6 is 0 Å². The lowest BCUT2D eigenvalue weighted by Gasteiger charge is -2.25. The summed E-state index contributed by atoms with van der Waals surface area (Å²) in [5, 5.41) is 0. The van der Waals surface area contributed by atoms with Crippen LogP contribution in [0, 0.1) is 6.92 Å². The predicted octanol–water partition coefficient (Wildman–Crippen LogP) is 3.59. The van der Waals surface area contributed by atoms with Crippen molar-refractivity contribution < 1.29 is 22.6 Å². The molecule has 2 aromatic carbocycles. The molecule has 6 nitrogen and oxygen atoms in total. The predicted molar refractivity (Wildman–Crippen MR) is 99.5 cm³/mol. The molecule has 0 bridgehead atoms. The van der Waals surface area contributed by atoms with E-state index in [1.807, 2.05) is 19.1 Å². The highest BCUT2D eigenvalue weighted by Crippen LogP contribution is 2.37. The van der Waals surface area contributed by atoms with Gasteiger partial charge in [0.2, 0.25) is 11.8 Å². The zero-order valence-electron chi connectivity index (χ0n) is 14.9. The number of aryl methyl sites for hydroxylation is 1. The van der Waals surface area contributed by atoms with Crippen LogP contribution in [0.2, 0.25) is 0 Å². The van der Waals surface area contributed by atoms with Gasteiger partial charge >= 0.3 is 0 Å². The number of rotatable bonds is 5. The third-order valence-electron chi connectivity index (χ3n) is 3.93. The van der Waals surface area contributed by atoms with Gasteiger partial charge in [-0.25, -0.2) is 4.90 Å². The van der Waals surface area contributed by atoms with Gasteiger partial charge in [-0.05, 0) is 18.6 Å². The highest BCUT2D eigenvalue weighted by Gasteiger charge is 2.30. The van der Waals surface area contributed by atoms with Crippen molar-refractivity contribution >= 4 is 27.6 Å². The van der Waals surface area contributed by atoms with E-state index in [1.54, 1.807) is 32.0 Å². The molecule has 0 fully saturated rings. The number of para-hydroxylation sites is 1. The Morgan fingerprint density at radius 3 is 2.08 bits per heavy atom. The summed E-state index contributed by atoms with van der Waals surface area (Å²) in [4.78, 5) is 25.3. The van der Waals surface area contributed by atoms with Crippen LogP contribution in [0.15, 0.2) is 47.4 Å². The molecule has 138 valence electrons. The Bertz CT molecular complexity index is 934. The normalized spacial score (nSPS) is 11.2. The van der Waals surface area contributed by atoms with Crippen molar-refractivity contribution in [2.75, 3.05) is 4.90 Å². The second-order valence-electron chi connectivity index (χ2n) is 5.83. The second kappa shape index (κ2) is 7.80. The quantitative estimate of drug-likeness (QED) is 0.807. The Balaban J connectivity index is 2.91. The van der Waals surface area contributed by atoms with Crippen LogP contribution in [-0.4, -0.2) is 24.8 Å². The summed E-state index contributed by atoms with van der Waals surface area (Å²) in [7, 11) is -4.65. The van der Waals surface area contributed by atoms with Gasteiger partial charge in [-0.15, -0.1) is 0 Å². The smallest absolute Gasteiger partial charge is 0.282 e. The summed E-state index contributed by atoms with van der Waals surface area (Å²) in [5.41, 5.74) is 1.84. The van der Waals surface area contributed by atoms with Crippen LogP contribution in [-0.2, 0) is 19.7 Å². The molecule has 0 aliphatic carbocycles. The van der Waals surface area contributed by atoms with Gasteiger partial charge < -0.3 is 0 Å². The number of carbonyl (C=O) groups is 2. The van der Waals surface area contributed by atoms with Crippen molar-refractivity contribution in [3.63, 3.8) is 0 Å². The molecular formula is C19H21NO5S. The van der Waals surface area contributed by atoms with Gasteiger partial charge in [0.1, 0.15) is 4.90 Å². The summed E-state index contributed by atoms with van der Waals surface area (Å²) < 4.78 is 33.6. The van der Waals surface area contributed by atoms with Gasteiger partial charge in [-0.3, -0.25) is 14.1 Å². The number of hydrogen-bond acceptors (Lipinski definition) is 4. The zero-order chi connectivity index (χ0) is 19.5. The van der Waals surface area contributed by atoms with E-state index in [9.17, 15) is 22.6 Å². The van der Waals surface area contributed by atoms with Gasteiger partial charge in [0, 0.05) is 18.4 Å². The topological polar surface area (TPSA) is 91.8 Å². The molecule has 2 aromatic rings. The van der Waals surface area contributed by atoms with Crippen molar-refractivity contribution in [2.45, 2.75) is 38.5 Å². The molecular weight excluding hydrogens is 354 g/mol. The fourth-order valence-electron chi connectivity index (χ4n) is 2.71.